The number of halogens is 2. The molecule has 5 saturated carbocycles. The van der Waals surface area contributed by atoms with Crippen molar-refractivity contribution in [1.82, 2.24) is 67.0 Å². The molecular formula is C116H158Cl2N14O11S3. The van der Waals surface area contributed by atoms with Crippen LogP contribution in [0.25, 0.3) is 0 Å². The zero-order chi connectivity index (χ0) is 105. The Morgan fingerprint density at radius 2 is 0.671 bits per heavy atom. The van der Waals surface area contributed by atoms with Crippen LogP contribution in [0.5, 0.6) is 0 Å². The van der Waals surface area contributed by atoms with E-state index in [0.717, 1.165) is 164 Å². The normalized spacial score (nSPS) is 21.9. The Balaban J connectivity index is 0.000000189. The summed E-state index contributed by atoms with van der Waals surface area (Å²) in [6.07, 6.45) is 24.1. The standard InChI is InChI=1S/2C26H34ClN3O2.C26H35N3O4S.C25H35N3O2S.C13H20N2OS/c1-30(2)26(21-9-4-3-5-10-21)17-14-22(15-18-26)29-25(32)13-12-24(31)28-19-16-20-8-6-7-11-23(20)27;1-30(2)26(21-8-4-3-5-9-21)16-13-23(14-17-26)29-25(32)12-11-24(31)28-18-15-20-7-6-10-22(27)19-20;1-19(25(32)33-18-20-8-5-4-6-9-20)27-23(30)11-12-24(31)28-21-13-15-26(16-14-21,29(2)3)22-10-7-17-34-22;1-28(2)25(22-11-7-19-31-22)16-14-21(15-17-25)27-24(30)13-12-23(29)26-18-6-10-20-8-4-3-5-9-20;1-15(2)13(11-4-3-9-17-11)7-5-10(6-8-13)12(14)16/h3-11,22H,12-19H2,1-2H3,(H,28,31)(H,29,32);3-10,19,23H,11-18H2,1-2H3,(H,28,31)(H,29,32);4-10,17,19,21H,11-16,18H2,1-3H3,(H,27,30)(H,28,31);3-5,7-9,11,19,21H,6,10,12-18H2,1-2H3,(H,26,29)(H,27,30);3-4,9-10H,5-8H2,1-2H3,(H2,14,16). The molecule has 0 saturated heterocycles. The number of primary amides is 1. The van der Waals surface area contributed by atoms with Gasteiger partial charge in [0.25, 0.3) is 0 Å². The third-order valence-corrected chi connectivity index (χ3v) is 33.9. The van der Waals surface area contributed by atoms with E-state index in [4.69, 9.17) is 33.7 Å². The van der Waals surface area contributed by atoms with Gasteiger partial charge in [-0.2, -0.15) is 0 Å². The second-order valence-corrected chi connectivity index (χ2v) is 44.3. The Hall–Kier alpha value is -10.5. The van der Waals surface area contributed by atoms with Crippen molar-refractivity contribution in [2.45, 2.75) is 277 Å². The number of esters is 1. The van der Waals surface area contributed by atoms with Crippen LogP contribution in [0.1, 0.15) is 241 Å². The van der Waals surface area contributed by atoms with Gasteiger partial charge in [0.15, 0.2) is 0 Å². The first-order chi connectivity index (χ1) is 70.1. The Bertz CT molecular complexity index is 5450. The quantitative estimate of drug-likeness (QED) is 0.0127. The molecule has 3 heterocycles. The number of rotatable bonds is 41. The first kappa shape index (κ1) is 117. The zero-order valence-electron chi connectivity index (χ0n) is 87.6. The summed E-state index contributed by atoms with van der Waals surface area (Å²) in [6.45, 7) is 3.44. The third kappa shape index (κ3) is 35.9. The first-order valence-electron chi connectivity index (χ1n) is 52.0. The Labute approximate surface area is 888 Å². The van der Waals surface area contributed by atoms with E-state index < -0.39 is 12.0 Å². The lowest BCUT2D eigenvalue weighted by Gasteiger charge is -2.45. The fourth-order valence-electron chi connectivity index (χ4n) is 21.0. The van der Waals surface area contributed by atoms with Crippen LogP contribution in [0.15, 0.2) is 222 Å². The molecule has 0 bridgehead atoms. The number of nitrogens with two attached hydrogens (primary N) is 1. The summed E-state index contributed by atoms with van der Waals surface area (Å²) in [5, 5.41) is 31.6. The number of carbonyl (C=O) groups excluding carboxylic acids is 10. The van der Waals surface area contributed by atoms with Gasteiger partial charge in [-0.15, -0.1) is 34.0 Å². The van der Waals surface area contributed by atoms with E-state index in [-0.39, 0.29) is 169 Å². The maximum absolute atomic E-state index is 12.4. The molecule has 10 N–H and O–H groups in total. The fourth-order valence-corrected chi connectivity index (χ4v) is 24.7. The number of nitrogens with zero attached hydrogens (tertiary/aromatic N) is 5. The lowest BCUT2D eigenvalue weighted by molar-refractivity contribution is -0.148. The Morgan fingerprint density at radius 1 is 0.349 bits per heavy atom. The Kier molecular flexibility index (Phi) is 47.9. The highest BCUT2D eigenvalue weighted by Crippen LogP contribution is 2.48. The summed E-state index contributed by atoms with van der Waals surface area (Å²) in [7, 11) is 21.3. The number of hydrogen-bond acceptors (Lipinski definition) is 19. The smallest absolute Gasteiger partial charge is 0.328 e. The molecule has 1 unspecified atom stereocenters. The average Bonchev–Trinajstić information content (AvgIpc) is 1.58. The molecule has 14 rings (SSSR count). The summed E-state index contributed by atoms with van der Waals surface area (Å²) >= 11 is 17.5. The molecule has 0 radical (unpaired) electrons. The van der Waals surface area contributed by atoms with E-state index >= 15 is 0 Å². The van der Waals surface area contributed by atoms with Crippen LogP contribution in [-0.4, -0.2) is 204 Å². The van der Waals surface area contributed by atoms with E-state index in [2.05, 4.69) is 251 Å². The minimum Gasteiger partial charge on any atom is -0.459 e. The number of amides is 9. The van der Waals surface area contributed by atoms with Crippen LogP contribution >= 0.6 is 57.2 Å². The first-order valence-corrected chi connectivity index (χ1v) is 55.4. The number of nitrogens with one attached hydrogen (secondary N) is 8. The molecule has 1 atom stereocenters. The lowest BCUT2D eigenvalue weighted by atomic mass is 9.74. The van der Waals surface area contributed by atoms with E-state index in [1.807, 2.05) is 132 Å². The molecule has 5 aliphatic carbocycles. The van der Waals surface area contributed by atoms with Crippen molar-refractivity contribution in [2.75, 3.05) is 90.1 Å². The molecule has 6 aromatic carbocycles. The number of thiophene rings is 3. The van der Waals surface area contributed by atoms with Gasteiger partial charge < -0.3 is 53.0 Å². The molecule has 790 valence electrons. The number of hydrogen-bond donors (Lipinski definition) is 9. The minimum absolute atomic E-state index is 0.0158. The van der Waals surface area contributed by atoms with Crippen molar-refractivity contribution in [3.63, 3.8) is 0 Å². The SMILES string of the molecule is CC(NC(=O)CCC(=O)NC1CCC(c2cccs2)(N(C)C)CC1)C(=O)OCc1ccccc1.CN(C)C1(c2ccccc2)CCC(NC(=O)CCC(=O)NCCc2cccc(Cl)c2)CC1.CN(C)C1(c2ccccc2)CCC(NC(=O)CCC(=O)NCCc2ccccc2Cl)CC1.CN(C)C1(c2cccs2)CCC(C(N)=O)CC1.CN(C)C1(c2cccs2)CCC(NC(=O)CCC(=O)NCCCc2ccccc2)CC1. The number of carbonyl (C=O) groups is 10. The monoisotopic (exact) mass is 2090 g/mol. The van der Waals surface area contributed by atoms with Crippen molar-refractivity contribution in [3.8, 4) is 0 Å². The zero-order valence-corrected chi connectivity index (χ0v) is 91.5. The third-order valence-electron chi connectivity index (χ3n) is 30.1. The molecule has 30 heteroatoms. The van der Waals surface area contributed by atoms with Crippen LogP contribution in [0.2, 0.25) is 10.0 Å². The van der Waals surface area contributed by atoms with Gasteiger partial charge in [-0.25, -0.2) is 4.79 Å². The number of aryl methyl sites for hydroxylation is 1. The van der Waals surface area contributed by atoms with Gasteiger partial charge in [-0.1, -0.05) is 193 Å². The second-order valence-electron chi connectivity index (χ2n) is 40.6. The van der Waals surface area contributed by atoms with E-state index in [1.54, 1.807) is 18.3 Å². The lowest BCUT2D eigenvalue weighted by Crippen LogP contribution is -2.48. The van der Waals surface area contributed by atoms with E-state index in [1.165, 1.54) is 31.3 Å². The minimum atomic E-state index is -0.769. The van der Waals surface area contributed by atoms with Crippen LogP contribution in [0.3, 0.4) is 0 Å². The highest BCUT2D eigenvalue weighted by atomic mass is 35.5. The van der Waals surface area contributed by atoms with Gasteiger partial charge in [0.05, 0.1) is 16.6 Å². The molecule has 146 heavy (non-hydrogen) atoms. The molecule has 25 nitrogen and oxygen atoms in total. The topological polar surface area (TPSA) is 318 Å². The highest BCUT2D eigenvalue weighted by Gasteiger charge is 2.45. The van der Waals surface area contributed by atoms with Crippen molar-refractivity contribution in [2.24, 2.45) is 11.7 Å². The highest BCUT2D eigenvalue weighted by molar-refractivity contribution is 7.10. The van der Waals surface area contributed by atoms with Crippen molar-refractivity contribution >= 4 is 116 Å². The predicted molar refractivity (Wildman–Crippen MR) is 590 cm³/mol. The average molecular weight is 2090 g/mol. The van der Waals surface area contributed by atoms with Crippen LogP contribution in [0.4, 0.5) is 0 Å². The summed E-state index contributed by atoms with van der Waals surface area (Å²) in [5.41, 5.74) is 12.6. The van der Waals surface area contributed by atoms with Crippen LogP contribution in [0, 0.1) is 5.92 Å². The molecule has 5 fully saturated rings. The molecule has 9 aromatic rings. The second kappa shape index (κ2) is 59.6. The maximum atomic E-state index is 12.4. The molecule has 9 amide bonds. The fraction of sp³-hybridized carbons (Fsp3) is 0.500. The maximum Gasteiger partial charge on any atom is 0.328 e. The van der Waals surface area contributed by atoms with Crippen LogP contribution < -0.4 is 48.3 Å². The van der Waals surface area contributed by atoms with Crippen LogP contribution in [-0.2, 0) is 106 Å². The largest absolute Gasteiger partial charge is 0.459 e. The number of ether oxygens (including phenoxy) is 1. The predicted octanol–water partition coefficient (Wildman–Crippen LogP) is 18.5. The van der Waals surface area contributed by atoms with Crippen molar-refractivity contribution in [3.05, 3.63) is 280 Å². The number of benzene rings is 6. The van der Waals surface area contributed by atoms with Gasteiger partial charge in [-0.3, -0.25) is 67.7 Å². The van der Waals surface area contributed by atoms with E-state index in [9.17, 15) is 47.9 Å². The van der Waals surface area contributed by atoms with Gasteiger partial charge in [0, 0.05) is 137 Å². The summed E-state index contributed by atoms with van der Waals surface area (Å²) in [4.78, 5) is 137. The molecule has 0 spiro atoms. The summed E-state index contributed by atoms with van der Waals surface area (Å²) < 4.78 is 5.24. The van der Waals surface area contributed by atoms with Gasteiger partial charge >= 0.3 is 5.97 Å². The molecule has 0 aliphatic heterocycles. The van der Waals surface area contributed by atoms with Crippen molar-refractivity contribution < 1.29 is 52.7 Å². The molecule has 5 aliphatic rings. The van der Waals surface area contributed by atoms with E-state index in [0.29, 0.717) is 36.1 Å². The Morgan fingerprint density at radius 3 is 1.03 bits per heavy atom. The summed E-state index contributed by atoms with van der Waals surface area (Å²) in [5.74, 6) is -1.39. The summed E-state index contributed by atoms with van der Waals surface area (Å²) in [6, 6.07) is 68.9. The van der Waals surface area contributed by atoms with Gasteiger partial charge in [-0.05, 0) is 317 Å². The van der Waals surface area contributed by atoms with Gasteiger partial charge in [0.2, 0.25) is 53.2 Å². The van der Waals surface area contributed by atoms with Crippen molar-refractivity contribution in [1.29, 1.82) is 0 Å². The molecular weight excluding hydrogens is 1930 g/mol. The molecule has 3 aromatic heterocycles. The van der Waals surface area contributed by atoms with Gasteiger partial charge in [0.1, 0.15) is 12.6 Å².